The number of nitrogens with one attached hydrogen (secondary N) is 2. The fraction of sp³-hybridized carbons (Fsp3) is 0.588. The van der Waals surface area contributed by atoms with Gasteiger partial charge in [0.1, 0.15) is 0 Å². The van der Waals surface area contributed by atoms with Crippen molar-refractivity contribution in [2.75, 3.05) is 45.3 Å². The maximum atomic E-state index is 5.53. The van der Waals surface area contributed by atoms with Gasteiger partial charge in [-0.05, 0) is 39.3 Å². The number of ether oxygens (including phenoxy) is 3. The van der Waals surface area contributed by atoms with Gasteiger partial charge < -0.3 is 24.8 Å². The van der Waals surface area contributed by atoms with Crippen LogP contribution in [0.2, 0.25) is 0 Å². The van der Waals surface area contributed by atoms with Gasteiger partial charge >= 0.3 is 0 Å². The summed E-state index contributed by atoms with van der Waals surface area (Å²) in [6.45, 7) is 9.57. The van der Waals surface area contributed by atoms with E-state index in [0.717, 1.165) is 43.6 Å². The zero-order valence-corrected chi connectivity index (χ0v) is 14.6. The molecule has 0 aliphatic rings. The number of guanidine groups is 1. The Kier molecular flexibility index (Phi) is 9.63. The molecule has 0 saturated carbocycles. The molecule has 0 radical (unpaired) electrons. The van der Waals surface area contributed by atoms with Crippen molar-refractivity contribution in [3.05, 3.63) is 18.2 Å². The van der Waals surface area contributed by atoms with Crippen LogP contribution in [0, 0.1) is 0 Å². The van der Waals surface area contributed by atoms with Crippen molar-refractivity contribution in [3.8, 4) is 11.5 Å². The highest BCUT2D eigenvalue weighted by Crippen LogP contribution is 2.30. The monoisotopic (exact) mass is 323 g/mol. The second kappa shape index (κ2) is 11.6. The number of hydrogen-bond donors (Lipinski definition) is 2. The molecule has 0 fully saturated rings. The summed E-state index contributed by atoms with van der Waals surface area (Å²) >= 11 is 0. The topological polar surface area (TPSA) is 64.1 Å². The number of aliphatic imine (C=N–C) groups is 1. The average Bonchev–Trinajstić information content (AvgIpc) is 2.56. The van der Waals surface area contributed by atoms with Gasteiger partial charge in [-0.2, -0.15) is 0 Å². The van der Waals surface area contributed by atoms with Gasteiger partial charge in [0.2, 0.25) is 0 Å². The second-order valence-electron chi connectivity index (χ2n) is 4.73. The third-order valence-corrected chi connectivity index (χ3v) is 2.99. The maximum Gasteiger partial charge on any atom is 0.195 e. The Labute approximate surface area is 139 Å². The Morgan fingerprint density at radius 1 is 1.13 bits per heavy atom. The molecule has 0 unspecified atom stereocenters. The first-order valence-corrected chi connectivity index (χ1v) is 8.19. The summed E-state index contributed by atoms with van der Waals surface area (Å²) in [5.74, 6) is 2.18. The number of rotatable bonds is 10. The summed E-state index contributed by atoms with van der Waals surface area (Å²) in [5.41, 5.74) is 0.898. The SMILES string of the molecule is CCNC(=NCCCOCC)Nc1ccc(OCC)c(OC)c1. The smallest absolute Gasteiger partial charge is 0.195 e. The van der Waals surface area contributed by atoms with Gasteiger partial charge in [0.05, 0.1) is 13.7 Å². The molecule has 0 aliphatic carbocycles. The van der Waals surface area contributed by atoms with Crippen LogP contribution in [0.25, 0.3) is 0 Å². The van der Waals surface area contributed by atoms with E-state index in [9.17, 15) is 0 Å². The number of anilines is 1. The van der Waals surface area contributed by atoms with Crippen molar-refractivity contribution in [1.29, 1.82) is 0 Å². The Morgan fingerprint density at radius 3 is 2.61 bits per heavy atom. The first-order chi connectivity index (χ1) is 11.2. The number of methoxy groups -OCH3 is 1. The molecule has 1 aromatic carbocycles. The molecule has 0 saturated heterocycles. The summed E-state index contributed by atoms with van der Waals surface area (Å²) in [5, 5.41) is 6.50. The molecular weight excluding hydrogens is 294 g/mol. The number of nitrogens with zero attached hydrogens (tertiary/aromatic N) is 1. The van der Waals surface area contributed by atoms with Gasteiger partial charge in [-0.15, -0.1) is 0 Å². The fourth-order valence-electron chi connectivity index (χ4n) is 1.97. The van der Waals surface area contributed by atoms with Crippen LogP contribution < -0.4 is 20.1 Å². The van der Waals surface area contributed by atoms with Crippen molar-refractivity contribution in [3.63, 3.8) is 0 Å². The molecule has 0 heterocycles. The molecule has 0 aliphatic heterocycles. The molecule has 0 amide bonds. The minimum Gasteiger partial charge on any atom is -0.493 e. The molecule has 0 atom stereocenters. The lowest BCUT2D eigenvalue weighted by Crippen LogP contribution is -2.30. The second-order valence-corrected chi connectivity index (χ2v) is 4.73. The third-order valence-electron chi connectivity index (χ3n) is 2.99. The zero-order valence-electron chi connectivity index (χ0n) is 14.6. The molecular formula is C17H29N3O3. The summed E-state index contributed by atoms with van der Waals surface area (Å²) in [6.07, 6.45) is 0.900. The normalized spacial score (nSPS) is 11.2. The van der Waals surface area contributed by atoms with Crippen LogP contribution in [0.4, 0.5) is 5.69 Å². The van der Waals surface area contributed by atoms with Crippen molar-refractivity contribution in [1.82, 2.24) is 5.32 Å². The van der Waals surface area contributed by atoms with Gasteiger partial charge in [-0.25, -0.2) is 0 Å². The highest BCUT2D eigenvalue weighted by molar-refractivity contribution is 5.93. The molecule has 6 heteroatoms. The van der Waals surface area contributed by atoms with E-state index in [0.29, 0.717) is 18.9 Å². The first kappa shape index (κ1) is 19.1. The standard InChI is InChI=1S/C17H29N3O3/c1-5-18-17(19-11-8-12-22-6-2)20-14-9-10-15(23-7-3)16(13-14)21-4/h9-10,13H,5-8,11-12H2,1-4H3,(H2,18,19,20). The predicted octanol–water partition coefficient (Wildman–Crippen LogP) is 2.90. The minimum atomic E-state index is 0.604. The summed E-state index contributed by atoms with van der Waals surface area (Å²) < 4.78 is 16.2. The van der Waals surface area contributed by atoms with Crippen LogP contribution in [0.1, 0.15) is 27.2 Å². The van der Waals surface area contributed by atoms with Crippen molar-refractivity contribution in [2.24, 2.45) is 4.99 Å². The highest BCUT2D eigenvalue weighted by atomic mass is 16.5. The van der Waals surface area contributed by atoms with Gasteiger partial charge in [0, 0.05) is 38.1 Å². The quantitative estimate of drug-likeness (QED) is 0.394. The maximum absolute atomic E-state index is 5.53. The molecule has 130 valence electrons. The van der Waals surface area contributed by atoms with E-state index < -0.39 is 0 Å². The van der Waals surface area contributed by atoms with E-state index in [1.54, 1.807) is 7.11 Å². The van der Waals surface area contributed by atoms with Gasteiger partial charge in [0.15, 0.2) is 17.5 Å². The summed E-state index contributed by atoms with van der Waals surface area (Å²) in [4.78, 5) is 4.54. The lowest BCUT2D eigenvalue weighted by Gasteiger charge is -2.14. The first-order valence-electron chi connectivity index (χ1n) is 8.19. The number of hydrogen-bond acceptors (Lipinski definition) is 4. The lowest BCUT2D eigenvalue weighted by molar-refractivity contribution is 0.146. The van der Waals surface area contributed by atoms with E-state index in [4.69, 9.17) is 14.2 Å². The largest absolute Gasteiger partial charge is 0.493 e. The van der Waals surface area contributed by atoms with Gasteiger partial charge in [0.25, 0.3) is 0 Å². The van der Waals surface area contributed by atoms with E-state index >= 15 is 0 Å². The Hall–Kier alpha value is -1.95. The molecule has 1 aromatic rings. The zero-order chi connectivity index (χ0) is 16.9. The third kappa shape index (κ3) is 7.23. The molecule has 0 aromatic heterocycles. The molecule has 1 rings (SSSR count). The van der Waals surface area contributed by atoms with Crippen molar-refractivity contribution in [2.45, 2.75) is 27.2 Å². The van der Waals surface area contributed by atoms with E-state index in [1.165, 1.54) is 0 Å². The molecule has 0 bridgehead atoms. The predicted molar refractivity (Wildman–Crippen MR) is 94.9 cm³/mol. The van der Waals surface area contributed by atoms with Gasteiger partial charge in [-0.3, -0.25) is 4.99 Å². The number of benzene rings is 1. The average molecular weight is 323 g/mol. The fourth-order valence-corrected chi connectivity index (χ4v) is 1.97. The molecule has 2 N–H and O–H groups in total. The van der Waals surface area contributed by atoms with E-state index in [1.807, 2.05) is 39.0 Å². The summed E-state index contributed by atoms with van der Waals surface area (Å²) in [7, 11) is 1.63. The van der Waals surface area contributed by atoms with Crippen LogP contribution in [0.5, 0.6) is 11.5 Å². The minimum absolute atomic E-state index is 0.604. The van der Waals surface area contributed by atoms with Crippen LogP contribution in [0.3, 0.4) is 0 Å². The Balaban J connectivity index is 2.69. The Morgan fingerprint density at radius 2 is 1.96 bits per heavy atom. The summed E-state index contributed by atoms with van der Waals surface area (Å²) in [6, 6.07) is 5.74. The van der Waals surface area contributed by atoms with Crippen LogP contribution in [-0.4, -0.2) is 46.0 Å². The van der Waals surface area contributed by atoms with Gasteiger partial charge in [-0.1, -0.05) is 0 Å². The highest BCUT2D eigenvalue weighted by Gasteiger charge is 2.06. The van der Waals surface area contributed by atoms with Crippen LogP contribution >= 0.6 is 0 Å². The molecule has 0 spiro atoms. The molecule has 23 heavy (non-hydrogen) atoms. The van der Waals surface area contributed by atoms with Crippen LogP contribution in [0.15, 0.2) is 23.2 Å². The van der Waals surface area contributed by atoms with E-state index in [2.05, 4.69) is 15.6 Å². The van der Waals surface area contributed by atoms with Crippen molar-refractivity contribution >= 4 is 11.6 Å². The molecule has 6 nitrogen and oxygen atoms in total. The lowest BCUT2D eigenvalue weighted by atomic mass is 10.2. The van der Waals surface area contributed by atoms with Crippen molar-refractivity contribution < 1.29 is 14.2 Å². The van der Waals surface area contributed by atoms with E-state index in [-0.39, 0.29) is 0 Å². The Bertz CT molecular complexity index is 478. The van der Waals surface area contributed by atoms with Crippen LogP contribution in [-0.2, 0) is 4.74 Å².